The van der Waals surface area contributed by atoms with Crippen LogP contribution in [0.25, 0.3) is 10.9 Å². The Morgan fingerprint density at radius 1 is 1.41 bits per heavy atom. The van der Waals surface area contributed by atoms with Crippen LogP contribution >= 0.6 is 15.9 Å². The molecule has 0 aliphatic heterocycles. The fourth-order valence-electron chi connectivity index (χ4n) is 1.73. The van der Waals surface area contributed by atoms with Gasteiger partial charge in [0.15, 0.2) is 0 Å². The van der Waals surface area contributed by atoms with E-state index in [-0.39, 0.29) is 5.92 Å². The van der Waals surface area contributed by atoms with E-state index < -0.39 is 5.97 Å². The third kappa shape index (κ3) is 2.17. The Kier molecular flexibility index (Phi) is 3.15. The van der Waals surface area contributed by atoms with Crippen molar-refractivity contribution in [2.75, 3.05) is 0 Å². The van der Waals surface area contributed by atoms with E-state index in [0.29, 0.717) is 16.5 Å². The van der Waals surface area contributed by atoms with Crippen LogP contribution in [0.5, 0.6) is 0 Å². The van der Waals surface area contributed by atoms with Crippen LogP contribution in [0.15, 0.2) is 28.7 Å². The number of aromatic carboxylic acids is 1. The molecule has 3 nitrogen and oxygen atoms in total. The van der Waals surface area contributed by atoms with Gasteiger partial charge in [0.25, 0.3) is 0 Å². The molecule has 1 heterocycles. The van der Waals surface area contributed by atoms with E-state index in [4.69, 9.17) is 0 Å². The molecule has 4 heteroatoms. The highest BCUT2D eigenvalue weighted by Crippen LogP contribution is 2.28. The molecule has 1 N–H and O–H groups in total. The molecule has 0 saturated heterocycles. The fourth-order valence-corrected chi connectivity index (χ4v) is 2.30. The van der Waals surface area contributed by atoms with Gasteiger partial charge in [-0.1, -0.05) is 35.8 Å². The van der Waals surface area contributed by atoms with Gasteiger partial charge in [0.05, 0.1) is 11.1 Å². The van der Waals surface area contributed by atoms with Crippen LogP contribution in [0.2, 0.25) is 0 Å². The zero-order chi connectivity index (χ0) is 12.6. The number of aromatic nitrogens is 1. The number of hydrogen-bond donors (Lipinski definition) is 1. The van der Waals surface area contributed by atoms with Gasteiger partial charge in [-0.3, -0.25) is 4.98 Å². The minimum atomic E-state index is -0.925. The zero-order valence-electron chi connectivity index (χ0n) is 9.57. The summed E-state index contributed by atoms with van der Waals surface area (Å²) in [6.07, 6.45) is 0. The van der Waals surface area contributed by atoms with Crippen LogP contribution in [-0.4, -0.2) is 16.1 Å². The molecule has 0 unspecified atom stereocenters. The minimum absolute atomic E-state index is 0.205. The Morgan fingerprint density at radius 3 is 2.71 bits per heavy atom. The van der Waals surface area contributed by atoms with Gasteiger partial charge in [-0.25, -0.2) is 4.79 Å². The fraction of sp³-hybridized carbons (Fsp3) is 0.231. The first-order valence-electron chi connectivity index (χ1n) is 5.33. The van der Waals surface area contributed by atoms with E-state index in [1.54, 1.807) is 6.07 Å². The summed E-state index contributed by atoms with van der Waals surface area (Å²) in [6.45, 7) is 4.00. The maximum absolute atomic E-state index is 11.3. The highest BCUT2D eigenvalue weighted by Gasteiger charge is 2.15. The van der Waals surface area contributed by atoms with Crippen LogP contribution in [0.1, 0.15) is 35.8 Å². The predicted molar refractivity (Wildman–Crippen MR) is 70.5 cm³/mol. The molecule has 0 fully saturated rings. The molecule has 1 aromatic heterocycles. The van der Waals surface area contributed by atoms with Crippen molar-refractivity contribution >= 4 is 32.8 Å². The lowest BCUT2D eigenvalue weighted by Gasteiger charge is -2.10. The number of rotatable bonds is 2. The first-order valence-corrected chi connectivity index (χ1v) is 6.12. The number of benzene rings is 1. The first kappa shape index (κ1) is 12.0. The number of fused-ring (bicyclic) bond motifs is 1. The molecule has 1 aromatic carbocycles. The van der Waals surface area contributed by atoms with Crippen molar-refractivity contribution < 1.29 is 9.90 Å². The predicted octanol–water partition coefficient (Wildman–Crippen LogP) is 3.82. The molecular weight excluding hydrogens is 282 g/mol. The van der Waals surface area contributed by atoms with Crippen molar-refractivity contribution in [3.8, 4) is 0 Å². The van der Waals surface area contributed by atoms with Crippen molar-refractivity contribution in [2.24, 2.45) is 0 Å². The SMILES string of the molecule is CC(C)c1cc(C(=O)O)c2c(Br)cccc2n1. The summed E-state index contributed by atoms with van der Waals surface area (Å²) in [4.78, 5) is 15.8. The quantitative estimate of drug-likeness (QED) is 0.916. The van der Waals surface area contributed by atoms with E-state index in [2.05, 4.69) is 20.9 Å². The van der Waals surface area contributed by atoms with Gasteiger partial charge in [0.1, 0.15) is 0 Å². The third-order valence-electron chi connectivity index (χ3n) is 2.62. The molecular formula is C13H12BrNO2. The topological polar surface area (TPSA) is 50.2 Å². The van der Waals surface area contributed by atoms with Gasteiger partial charge in [-0.15, -0.1) is 0 Å². The second-order valence-corrected chi connectivity index (χ2v) is 5.04. The molecule has 2 aromatic rings. The maximum Gasteiger partial charge on any atom is 0.336 e. The third-order valence-corrected chi connectivity index (χ3v) is 3.29. The summed E-state index contributed by atoms with van der Waals surface area (Å²) in [6, 6.07) is 7.17. The first-order chi connectivity index (χ1) is 8.00. The highest BCUT2D eigenvalue weighted by molar-refractivity contribution is 9.10. The lowest BCUT2D eigenvalue weighted by molar-refractivity contribution is 0.0699. The maximum atomic E-state index is 11.3. The van der Waals surface area contributed by atoms with Crippen molar-refractivity contribution in [1.29, 1.82) is 0 Å². The average Bonchev–Trinajstić information content (AvgIpc) is 2.27. The second kappa shape index (κ2) is 4.45. The molecule has 0 aliphatic rings. The molecule has 0 aliphatic carbocycles. The summed E-state index contributed by atoms with van der Waals surface area (Å²) >= 11 is 3.37. The number of nitrogens with zero attached hydrogens (tertiary/aromatic N) is 1. The molecule has 0 spiro atoms. The van der Waals surface area contributed by atoms with E-state index >= 15 is 0 Å². The monoisotopic (exact) mass is 293 g/mol. The smallest absolute Gasteiger partial charge is 0.336 e. The molecule has 88 valence electrons. The Morgan fingerprint density at radius 2 is 2.12 bits per heavy atom. The van der Waals surface area contributed by atoms with E-state index in [0.717, 1.165) is 10.2 Å². The van der Waals surface area contributed by atoms with Crippen molar-refractivity contribution in [3.05, 3.63) is 40.0 Å². The van der Waals surface area contributed by atoms with E-state index in [1.165, 1.54) is 0 Å². The van der Waals surface area contributed by atoms with Crippen molar-refractivity contribution in [2.45, 2.75) is 19.8 Å². The zero-order valence-corrected chi connectivity index (χ0v) is 11.2. The Hall–Kier alpha value is -1.42. The molecule has 2 rings (SSSR count). The van der Waals surface area contributed by atoms with E-state index in [9.17, 15) is 9.90 Å². The Balaban J connectivity index is 2.86. The number of pyridine rings is 1. The van der Waals surface area contributed by atoms with Gasteiger partial charge >= 0.3 is 5.97 Å². The second-order valence-electron chi connectivity index (χ2n) is 4.19. The van der Waals surface area contributed by atoms with E-state index in [1.807, 2.05) is 32.0 Å². The molecule has 0 saturated carbocycles. The van der Waals surface area contributed by atoms with Gasteiger partial charge in [0, 0.05) is 15.6 Å². The van der Waals surface area contributed by atoms with Crippen LogP contribution in [0, 0.1) is 0 Å². The van der Waals surface area contributed by atoms with Crippen molar-refractivity contribution in [1.82, 2.24) is 4.98 Å². The van der Waals surface area contributed by atoms with Crippen LogP contribution in [0.4, 0.5) is 0 Å². The number of carboxylic acid groups (broad SMARTS) is 1. The normalized spacial score (nSPS) is 11.1. The van der Waals surface area contributed by atoms with Crippen molar-refractivity contribution in [3.63, 3.8) is 0 Å². The molecule has 17 heavy (non-hydrogen) atoms. The summed E-state index contributed by atoms with van der Waals surface area (Å²) in [5, 5.41) is 9.92. The minimum Gasteiger partial charge on any atom is -0.478 e. The Bertz CT molecular complexity index is 593. The summed E-state index contributed by atoms with van der Waals surface area (Å²) in [5.41, 5.74) is 1.81. The molecule has 0 bridgehead atoms. The number of halogens is 1. The number of hydrogen-bond acceptors (Lipinski definition) is 2. The molecule has 0 amide bonds. The van der Waals surface area contributed by atoms with Gasteiger partial charge in [-0.2, -0.15) is 0 Å². The van der Waals surface area contributed by atoms with Crippen LogP contribution < -0.4 is 0 Å². The summed E-state index contributed by atoms with van der Waals surface area (Å²) < 4.78 is 0.759. The Labute approximate surface area is 108 Å². The van der Waals surface area contributed by atoms with Crippen LogP contribution in [0.3, 0.4) is 0 Å². The largest absolute Gasteiger partial charge is 0.478 e. The average molecular weight is 294 g/mol. The van der Waals surface area contributed by atoms with Gasteiger partial charge in [-0.05, 0) is 24.1 Å². The summed E-state index contributed by atoms with van der Waals surface area (Å²) in [5.74, 6) is -0.720. The van der Waals surface area contributed by atoms with Gasteiger partial charge < -0.3 is 5.11 Å². The number of carboxylic acids is 1. The lowest BCUT2D eigenvalue weighted by Crippen LogP contribution is -2.03. The molecule has 0 atom stereocenters. The summed E-state index contributed by atoms with van der Waals surface area (Å²) in [7, 11) is 0. The van der Waals surface area contributed by atoms with Crippen LogP contribution in [-0.2, 0) is 0 Å². The highest BCUT2D eigenvalue weighted by atomic mass is 79.9. The lowest BCUT2D eigenvalue weighted by atomic mass is 10.0. The standard InChI is InChI=1S/C13H12BrNO2/c1-7(2)11-6-8(13(16)17)12-9(14)4-3-5-10(12)15-11/h3-7H,1-2H3,(H,16,17). The number of carbonyl (C=O) groups is 1. The van der Waals surface area contributed by atoms with Gasteiger partial charge in [0.2, 0.25) is 0 Å². The molecule has 0 radical (unpaired) electrons.